The molecule has 0 fully saturated rings. The molecule has 0 radical (unpaired) electrons. The van der Waals surface area contributed by atoms with E-state index >= 15 is 0 Å². The van der Waals surface area contributed by atoms with E-state index in [2.05, 4.69) is 5.32 Å². The standard InChI is InChI=1S/C17H17NO5/c19-12-6-5-11(9-13(12)20)7-8-18-17(21)16-10-22-14-3-1-2-4-15(14)23-16/h1-6,9,16,19-20H,7-8,10H2,(H,18,21)/t16-/m0/s1. The van der Waals surface area contributed by atoms with E-state index in [0.29, 0.717) is 24.5 Å². The highest BCUT2D eigenvalue weighted by Crippen LogP contribution is 2.30. The molecular weight excluding hydrogens is 298 g/mol. The molecule has 2 aromatic rings. The maximum Gasteiger partial charge on any atom is 0.264 e. The maximum atomic E-state index is 12.1. The lowest BCUT2D eigenvalue weighted by atomic mass is 10.1. The molecule has 3 N–H and O–H groups in total. The zero-order valence-electron chi connectivity index (χ0n) is 12.4. The van der Waals surface area contributed by atoms with E-state index in [4.69, 9.17) is 9.47 Å². The third kappa shape index (κ3) is 3.48. The lowest BCUT2D eigenvalue weighted by Crippen LogP contribution is -2.44. The normalized spacial score (nSPS) is 15.9. The summed E-state index contributed by atoms with van der Waals surface area (Å²) in [6, 6.07) is 11.8. The van der Waals surface area contributed by atoms with Crippen LogP contribution in [0.2, 0.25) is 0 Å². The summed E-state index contributed by atoms with van der Waals surface area (Å²) < 4.78 is 11.1. The number of phenols is 2. The molecule has 1 aliphatic heterocycles. The van der Waals surface area contributed by atoms with E-state index < -0.39 is 6.10 Å². The van der Waals surface area contributed by atoms with Crippen LogP contribution >= 0.6 is 0 Å². The summed E-state index contributed by atoms with van der Waals surface area (Å²) in [6.45, 7) is 0.563. The molecule has 0 spiro atoms. The Morgan fingerprint density at radius 3 is 2.70 bits per heavy atom. The van der Waals surface area contributed by atoms with Gasteiger partial charge in [0.2, 0.25) is 6.10 Å². The molecule has 1 heterocycles. The first kappa shape index (κ1) is 15.0. The van der Waals surface area contributed by atoms with Crippen LogP contribution in [0.5, 0.6) is 23.0 Å². The number of nitrogens with one attached hydrogen (secondary N) is 1. The Morgan fingerprint density at radius 2 is 1.91 bits per heavy atom. The van der Waals surface area contributed by atoms with E-state index in [-0.39, 0.29) is 24.0 Å². The van der Waals surface area contributed by atoms with Crippen LogP contribution in [-0.4, -0.2) is 35.4 Å². The van der Waals surface area contributed by atoms with Crippen molar-refractivity contribution in [1.82, 2.24) is 5.32 Å². The lowest BCUT2D eigenvalue weighted by molar-refractivity contribution is -0.130. The fourth-order valence-corrected chi connectivity index (χ4v) is 2.32. The minimum Gasteiger partial charge on any atom is -0.504 e. The van der Waals surface area contributed by atoms with Gasteiger partial charge in [0.15, 0.2) is 23.0 Å². The van der Waals surface area contributed by atoms with Crippen molar-refractivity contribution in [2.45, 2.75) is 12.5 Å². The average molecular weight is 315 g/mol. The minimum absolute atomic E-state index is 0.163. The third-order valence-corrected chi connectivity index (χ3v) is 3.55. The first-order chi connectivity index (χ1) is 11.1. The van der Waals surface area contributed by atoms with Crippen LogP contribution in [0.4, 0.5) is 0 Å². The highest BCUT2D eigenvalue weighted by atomic mass is 16.6. The smallest absolute Gasteiger partial charge is 0.264 e. The summed E-state index contributed by atoms with van der Waals surface area (Å²) in [6.07, 6.45) is -0.151. The predicted molar refractivity (Wildman–Crippen MR) is 82.8 cm³/mol. The van der Waals surface area contributed by atoms with Gasteiger partial charge in [0.1, 0.15) is 6.61 Å². The quantitative estimate of drug-likeness (QED) is 0.746. The van der Waals surface area contributed by atoms with Crippen molar-refractivity contribution in [2.24, 2.45) is 0 Å². The second kappa shape index (κ2) is 6.48. The van der Waals surface area contributed by atoms with Crippen LogP contribution in [0.1, 0.15) is 5.56 Å². The maximum absolute atomic E-state index is 12.1. The van der Waals surface area contributed by atoms with Gasteiger partial charge >= 0.3 is 0 Å². The molecule has 1 amide bonds. The Bertz CT molecular complexity index is 716. The summed E-state index contributed by atoms with van der Waals surface area (Å²) >= 11 is 0. The largest absolute Gasteiger partial charge is 0.504 e. The number of aromatic hydroxyl groups is 2. The van der Waals surface area contributed by atoms with E-state index in [9.17, 15) is 15.0 Å². The molecule has 2 aromatic carbocycles. The summed E-state index contributed by atoms with van der Waals surface area (Å²) in [5.41, 5.74) is 0.812. The van der Waals surface area contributed by atoms with Gasteiger partial charge in [-0.05, 0) is 36.2 Å². The van der Waals surface area contributed by atoms with Gasteiger partial charge in [-0.1, -0.05) is 18.2 Å². The van der Waals surface area contributed by atoms with Crippen molar-refractivity contribution < 1.29 is 24.5 Å². The fraction of sp³-hybridized carbons (Fsp3) is 0.235. The van der Waals surface area contributed by atoms with Gasteiger partial charge in [0.05, 0.1) is 0 Å². The van der Waals surface area contributed by atoms with E-state index in [1.54, 1.807) is 18.2 Å². The fourth-order valence-electron chi connectivity index (χ4n) is 2.32. The van der Waals surface area contributed by atoms with E-state index in [1.165, 1.54) is 12.1 Å². The Labute approximate surface area is 133 Å². The number of benzene rings is 2. The van der Waals surface area contributed by atoms with Crippen molar-refractivity contribution >= 4 is 5.91 Å². The number of fused-ring (bicyclic) bond motifs is 1. The average Bonchev–Trinajstić information content (AvgIpc) is 2.57. The summed E-state index contributed by atoms with van der Waals surface area (Å²) in [5, 5.41) is 21.5. The molecule has 0 saturated carbocycles. The predicted octanol–water partition coefficient (Wildman–Crippen LogP) is 1.60. The molecule has 1 atom stereocenters. The molecule has 0 aliphatic carbocycles. The van der Waals surface area contributed by atoms with Gasteiger partial charge in [-0.25, -0.2) is 0 Å². The number of para-hydroxylation sites is 2. The molecule has 0 saturated heterocycles. The first-order valence-electron chi connectivity index (χ1n) is 7.30. The third-order valence-electron chi connectivity index (χ3n) is 3.55. The molecular formula is C17H17NO5. The zero-order valence-corrected chi connectivity index (χ0v) is 12.4. The Kier molecular flexibility index (Phi) is 4.23. The topological polar surface area (TPSA) is 88.0 Å². The van der Waals surface area contributed by atoms with E-state index in [0.717, 1.165) is 5.56 Å². The molecule has 0 unspecified atom stereocenters. The molecule has 3 rings (SSSR count). The number of rotatable bonds is 4. The Morgan fingerprint density at radius 1 is 1.13 bits per heavy atom. The zero-order chi connectivity index (χ0) is 16.2. The number of ether oxygens (including phenoxy) is 2. The van der Waals surface area contributed by atoms with Crippen molar-refractivity contribution in [3.63, 3.8) is 0 Å². The number of amides is 1. The van der Waals surface area contributed by atoms with Gasteiger partial charge in [-0.3, -0.25) is 4.79 Å². The van der Waals surface area contributed by atoms with Crippen molar-refractivity contribution in [3.8, 4) is 23.0 Å². The van der Waals surface area contributed by atoms with Crippen molar-refractivity contribution in [3.05, 3.63) is 48.0 Å². The molecule has 6 heteroatoms. The van der Waals surface area contributed by atoms with Gasteiger partial charge in [-0.15, -0.1) is 0 Å². The number of carbonyl (C=O) groups is 1. The van der Waals surface area contributed by atoms with Gasteiger partial charge in [0, 0.05) is 6.54 Å². The molecule has 0 aromatic heterocycles. The van der Waals surface area contributed by atoms with E-state index in [1.807, 2.05) is 12.1 Å². The number of carbonyl (C=O) groups excluding carboxylic acids is 1. The number of phenolic OH excluding ortho intramolecular Hbond substituents is 2. The van der Waals surface area contributed by atoms with Crippen molar-refractivity contribution in [1.29, 1.82) is 0 Å². The summed E-state index contributed by atoms with van der Waals surface area (Å²) in [4.78, 5) is 12.1. The molecule has 120 valence electrons. The highest BCUT2D eigenvalue weighted by molar-refractivity contribution is 5.81. The van der Waals surface area contributed by atoms with Gasteiger partial charge in [-0.2, -0.15) is 0 Å². The second-order valence-electron chi connectivity index (χ2n) is 5.23. The molecule has 0 bridgehead atoms. The summed E-state index contributed by atoms with van der Waals surface area (Å²) in [5.74, 6) is 0.611. The summed E-state index contributed by atoms with van der Waals surface area (Å²) in [7, 11) is 0. The number of hydrogen-bond donors (Lipinski definition) is 3. The van der Waals surface area contributed by atoms with Crippen LogP contribution in [0.15, 0.2) is 42.5 Å². The monoisotopic (exact) mass is 315 g/mol. The molecule has 6 nitrogen and oxygen atoms in total. The minimum atomic E-state index is -0.682. The number of hydrogen-bond acceptors (Lipinski definition) is 5. The second-order valence-corrected chi connectivity index (χ2v) is 5.23. The van der Waals surface area contributed by atoms with Crippen LogP contribution in [-0.2, 0) is 11.2 Å². The molecule has 23 heavy (non-hydrogen) atoms. The van der Waals surface area contributed by atoms with Gasteiger partial charge in [0.25, 0.3) is 5.91 Å². The van der Waals surface area contributed by atoms with Crippen molar-refractivity contribution in [2.75, 3.05) is 13.2 Å². The Hall–Kier alpha value is -2.89. The first-order valence-corrected chi connectivity index (χ1v) is 7.30. The SMILES string of the molecule is O=C(NCCc1ccc(O)c(O)c1)[C@@H]1COc2ccccc2O1. The van der Waals surface area contributed by atoms with Gasteiger partial charge < -0.3 is 25.0 Å². The van der Waals surface area contributed by atoms with Crippen LogP contribution in [0.3, 0.4) is 0 Å². The Balaban J connectivity index is 1.51. The van der Waals surface area contributed by atoms with Crippen LogP contribution in [0, 0.1) is 0 Å². The highest BCUT2D eigenvalue weighted by Gasteiger charge is 2.26. The van der Waals surface area contributed by atoms with Crippen LogP contribution in [0.25, 0.3) is 0 Å². The molecule has 1 aliphatic rings. The lowest BCUT2D eigenvalue weighted by Gasteiger charge is -2.25. The van der Waals surface area contributed by atoms with Crippen LogP contribution < -0.4 is 14.8 Å².